The molecule has 0 atom stereocenters. The Morgan fingerprint density at radius 2 is 1.24 bits per heavy atom. The molecule has 0 saturated carbocycles. The van der Waals surface area contributed by atoms with Gasteiger partial charge in [0.05, 0.1) is 0 Å². The van der Waals surface area contributed by atoms with Crippen LogP contribution in [0.5, 0.6) is 5.75 Å². The highest BCUT2D eigenvalue weighted by Crippen LogP contribution is 2.07. The van der Waals surface area contributed by atoms with Gasteiger partial charge in [0.2, 0.25) is 0 Å². The minimum Gasteiger partial charge on any atom is -0.287 e. The predicted octanol–water partition coefficient (Wildman–Crippen LogP) is 3.23. The zero-order chi connectivity index (χ0) is 12.3. The van der Waals surface area contributed by atoms with Crippen LogP contribution in [0, 0.1) is 0 Å². The Balaban J connectivity index is 0.000000202. The van der Waals surface area contributed by atoms with E-state index in [0.29, 0.717) is 5.75 Å². The first kappa shape index (κ1) is 12.8. The quantitative estimate of drug-likeness (QED) is 0.587. The van der Waals surface area contributed by atoms with Gasteiger partial charge in [-0.3, -0.25) is 9.78 Å². The molecule has 0 unspecified atom stereocenters. The van der Waals surface area contributed by atoms with Crippen LogP contribution in [0.2, 0.25) is 0 Å². The lowest BCUT2D eigenvalue weighted by molar-refractivity contribution is -0.210. The lowest BCUT2D eigenvalue weighted by atomic mass is 10.3. The summed E-state index contributed by atoms with van der Waals surface area (Å²) in [6.07, 6.45) is 0. The molecule has 0 aliphatic carbocycles. The summed E-state index contributed by atoms with van der Waals surface area (Å²) in [6, 6.07) is 20.8. The molecule has 17 heavy (non-hydrogen) atoms. The molecule has 0 N–H and O–H groups in total. The van der Waals surface area contributed by atoms with Gasteiger partial charge in [0.15, 0.2) is 5.75 Å². The molecule has 0 radical (unpaired) electrons. The molecule has 2 aromatic rings. The van der Waals surface area contributed by atoms with Gasteiger partial charge >= 0.3 is 5.97 Å². The normalized spacial score (nSPS) is 8.53. The molecule has 2 rings (SSSR count). The van der Waals surface area contributed by atoms with Crippen molar-refractivity contribution in [2.24, 2.45) is 0 Å². The van der Waals surface area contributed by atoms with Crippen LogP contribution >= 0.6 is 0 Å². The number of hydrogen-bond donors (Lipinski definition) is 0. The maximum atomic E-state index is 10.3. The number of hydrogen-bond acceptors (Lipinski definition) is 3. The van der Waals surface area contributed by atoms with Crippen LogP contribution in [0.1, 0.15) is 6.92 Å². The van der Waals surface area contributed by atoms with Crippen LogP contribution in [-0.4, -0.2) is 5.97 Å². The van der Waals surface area contributed by atoms with Crippen molar-refractivity contribution in [2.75, 3.05) is 0 Å². The summed E-state index contributed by atoms with van der Waals surface area (Å²) in [5, 5.41) is 0. The minimum atomic E-state index is -0.464. The smallest absolute Gasteiger partial charge is 0.287 e. The van der Waals surface area contributed by atoms with E-state index in [1.165, 1.54) is 6.92 Å². The van der Waals surface area contributed by atoms with Crippen LogP contribution in [0.4, 0.5) is 0 Å². The average Bonchev–Trinajstić information content (AvgIpc) is 2.40. The molecule has 0 aliphatic heterocycles. The van der Waals surface area contributed by atoms with E-state index in [1.54, 1.807) is 24.3 Å². The van der Waals surface area contributed by atoms with Crippen LogP contribution in [-0.2, 0) is 9.68 Å². The fourth-order valence-electron chi connectivity index (χ4n) is 0.968. The summed E-state index contributed by atoms with van der Waals surface area (Å²) in [6.45, 7) is 1.28. The maximum Gasteiger partial charge on any atom is 0.352 e. The topological polar surface area (TPSA) is 35.5 Å². The molecular formula is C14H14O3. The van der Waals surface area contributed by atoms with E-state index >= 15 is 0 Å². The van der Waals surface area contributed by atoms with E-state index in [0.717, 1.165) is 0 Å². The molecule has 0 aromatic heterocycles. The fraction of sp³-hybridized carbons (Fsp3) is 0.0714. The number of rotatable bonds is 2. The molecule has 0 bridgehead atoms. The maximum absolute atomic E-state index is 10.3. The Morgan fingerprint density at radius 1 is 0.824 bits per heavy atom. The lowest BCUT2D eigenvalue weighted by Gasteiger charge is -1.99. The third-order valence-electron chi connectivity index (χ3n) is 1.67. The third-order valence-corrected chi connectivity index (χ3v) is 1.67. The van der Waals surface area contributed by atoms with Gasteiger partial charge < -0.3 is 0 Å². The van der Waals surface area contributed by atoms with Gasteiger partial charge in [-0.1, -0.05) is 54.6 Å². The lowest BCUT2D eigenvalue weighted by Crippen LogP contribution is -2.02. The summed E-state index contributed by atoms with van der Waals surface area (Å²) in [4.78, 5) is 19.2. The first-order valence-electron chi connectivity index (χ1n) is 5.19. The second-order valence-corrected chi connectivity index (χ2v) is 3.13. The summed E-state index contributed by atoms with van der Waals surface area (Å²) < 4.78 is 0. The van der Waals surface area contributed by atoms with Crippen LogP contribution in [0.25, 0.3) is 0 Å². The van der Waals surface area contributed by atoms with Gasteiger partial charge in [-0.05, 0) is 12.1 Å². The zero-order valence-corrected chi connectivity index (χ0v) is 9.58. The monoisotopic (exact) mass is 230 g/mol. The third kappa shape index (κ3) is 6.73. The second kappa shape index (κ2) is 7.93. The van der Waals surface area contributed by atoms with Crippen molar-refractivity contribution >= 4 is 5.97 Å². The van der Waals surface area contributed by atoms with Crippen molar-refractivity contribution in [3.8, 4) is 5.75 Å². The molecule has 0 fully saturated rings. The van der Waals surface area contributed by atoms with Gasteiger partial charge in [-0.15, -0.1) is 0 Å². The van der Waals surface area contributed by atoms with E-state index in [2.05, 4.69) is 9.78 Å². The first-order valence-corrected chi connectivity index (χ1v) is 5.19. The Bertz CT molecular complexity index is 385. The van der Waals surface area contributed by atoms with Crippen molar-refractivity contribution in [3.05, 3.63) is 66.7 Å². The number of para-hydroxylation sites is 1. The Kier molecular flexibility index (Phi) is 5.96. The van der Waals surface area contributed by atoms with Crippen molar-refractivity contribution < 1.29 is 14.6 Å². The minimum absolute atomic E-state index is 0.464. The predicted molar refractivity (Wildman–Crippen MR) is 65.3 cm³/mol. The number of carbonyl (C=O) groups is 1. The average molecular weight is 230 g/mol. The fourth-order valence-corrected chi connectivity index (χ4v) is 0.968. The molecule has 88 valence electrons. The molecule has 0 spiro atoms. The van der Waals surface area contributed by atoms with E-state index < -0.39 is 5.97 Å². The summed E-state index contributed by atoms with van der Waals surface area (Å²) in [5.74, 6) is 0.0524. The SMILES string of the molecule is CC(=O)OOc1ccccc1.c1ccccc1. The summed E-state index contributed by atoms with van der Waals surface area (Å²) in [7, 11) is 0. The standard InChI is InChI=1S/C8H8O3.C6H6/c1-7(9)10-11-8-5-3-2-4-6-8;1-2-4-6-5-3-1/h2-6H,1H3;1-6H. The number of carbonyl (C=O) groups excluding carboxylic acids is 1. The van der Waals surface area contributed by atoms with Crippen LogP contribution in [0.15, 0.2) is 66.7 Å². The summed E-state index contributed by atoms with van der Waals surface area (Å²) >= 11 is 0. The highest BCUT2D eigenvalue weighted by Gasteiger charge is 1.94. The van der Waals surface area contributed by atoms with Gasteiger partial charge in [-0.2, -0.15) is 0 Å². The molecule has 2 aromatic carbocycles. The zero-order valence-electron chi connectivity index (χ0n) is 9.58. The Hall–Kier alpha value is -2.29. The molecule has 0 aliphatic rings. The molecule has 3 heteroatoms. The first-order chi connectivity index (χ1) is 8.29. The summed E-state index contributed by atoms with van der Waals surface area (Å²) in [5.41, 5.74) is 0. The van der Waals surface area contributed by atoms with Crippen LogP contribution in [0.3, 0.4) is 0 Å². The van der Waals surface area contributed by atoms with E-state index in [4.69, 9.17) is 0 Å². The van der Waals surface area contributed by atoms with Crippen molar-refractivity contribution in [1.29, 1.82) is 0 Å². The second-order valence-electron chi connectivity index (χ2n) is 3.13. The highest BCUT2D eigenvalue weighted by atomic mass is 17.2. The van der Waals surface area contributed by atoms with Crippen molar-refractivity contribution in [3.63, 3.8) is 0 Å². The van der Waals surface area contributed by atoms with Gasteiger partial charge in [0.25, 0.3) is 0 Å². The van der Waals surface area contributed by atoms with Gasteiger partial charge in [0, 0.05) is 6.92 Å². The molecule has 0 heterocycles. The van der Waals surface area contributed by atoms with Crippen LogP contribution < -0.4 is 4.89 Å². The highest BCUT2D eigenvalue weighted by molar-refractivity contribution is 5.65. The Morgan fingerprint density at radius 3 is 1.65 bits per heavy atom. The molecular weight excluding hydrogens is 216 g/mol. The number of benzene rings is 2. The largest absolute Gasteiger partial charge is 0.352 e. The van der Waals surface area contributed by atoms with Crippen molar-refractivity contribution in [2.45, 2.75) is 6.92 Å². The van der Waals surface area contributed by atoms with Gasteiger partial charge in [-0.25, -0.2) is 4.79 Å². The van der Waals surface area contributed by atoms with E-state index in [1.807, 2.05) is 42.5 Å². The molecule has 0 saturated heterocycles. The van der Waals surface area contributed by atoms with E-state index in [-0.39, 0.29) is 0 Å². The van der Waals surface area contributed by atoms with Gasteiger partial charge in [0.1, 0.15) is 0 Å². The molecule has 3 nitrogen and oxygen atoms in total. The molecule has 0 amide bonds. The van der Waals surface area contributed by atoms with E-state index in [9.17, 15) is 4.79 Å². The Labute approximate surface area is 101 Å². The van der Waals surface area contributed by atoms with Crippen molar-refractivity contribution in [1.82, 2.24) is 0 Å².